The van der Waals surface area contributed by atoms with Crippen LogP contribution in [0.1, 0.15) is 44.6 Å². The number of fused-ring (bicyclic) bond motifs is 3. The first-order valence-corrected chi connectivity index (χ1v) is 12.3. The lowest BCUT2D eigenvalue weighted by atomic mass is 9.53. The van der Waals surface area contributed by atoms with Crippen molar-refractivity contribution in [2.75, 3.05) is 44.2 Å². The number of carbonyl (C=O) groups excluding carboxylic acids is 1. The number of epoxide rings is 1. The number of aryl methyl sites for hydroxylation is 1. The molecule has 5 heteroatoms. The predicted molar refractivity (Wildman–Crippen MR) is 120 cm³/mol. The van der Waals surface area contributed by atoms with E-state index in [1.165, 1.54) is 30.5 Å². The van der Waals surface area contributed by atoms with Gasteiger partial charge in [0, 0.05) is 44.3 Å². The molecule has 0 unspecified atom stereocenters. The topological polar surface area (TPSA) is 45.3 Å². The van der Waals surface area contributed by atoms with Crippen LogP contribution in [0.2, 0.25) is 0 Å². The Morgan fingerprint density at radius 3 is 2.71 bits per heavy atom. The SMILES string of the molecule is Cc1cccc(N2CCN(C[C@@H]3C(=O)O[C@@H]4C[C@@]5(C)CCC[C@@]6(CO6)[C@@H]5C[C@H]34)CC2)c1. The molecule has 5 nitrogen and oxygen atoms in total. The summed E-state index contributed by atoms with van der Waals surface area (Å²) in [5, 5.41) is 0. The van der Waals surface area contributed by atoms with Gasteiger partial charge in [-0.25, -0.2) is 0 Å². The van der Waals surface area contributed by atoms with Crippen molar-refractivity contribution in [2.45, 2.75) is 57.7 Å². The Labute approximate surface area is 186 Å². The molecule has 168 valence electrons. The standard InChI is InChI=1S/C26H36N2O3/c1-18-5-3-6-19(13-18)28-11-9-27(10-12-28)16-21-20-14-23-25(2,15-22(20)31-24(21)29)7-4-8-26(23)17-30-26/h3,5-6,13,20-23H,4,7-12,14-17H2,1-2H3/t20-,21+,22-,23-,25-,26-/m1/s1. The van der Waals surface area contributed by atoms with E-state index in [2.05, 4.69) is 47.9 Å². The summed E-state index contributed by atoms with van der Waals surface area (Å²) >= 11 is 0. The van der Waals surface area contributed by atoms with Crippen molar-refractivity contribution in [2.24, 2.45) is 23.2 Å². The van der Waals surface area contributed by atoms with E-state index in [1.807, 2.05) is 0 Å². The van der Waals surface area contributed by atoms with Crippen molar-refractivity contribution in [3.8, 4) is 0 Å². The van der Waals surface area contributed by atoms with E-state index in [-0.39, 0.29) is 29.0 Å². The maximum atomic E-state index is 12.9. The number of esters is 1. The summed E-state index contributed by atoms with van der Waals surface area (Å²) < 4.78 is 12.1. The molecule has 6 atom stereocenters. The Morgan fingerprint density at radius 2 is 1.97 bits per heavy atom. The molecule has 0 aromatic heterocycles. The Hall–Kier alpha value is -1.59. The van der Waals surface area contributed by atoms with Crippen LogP contribution in [-0.4, -0.2) is 61.9 Å². The maximum absolute atomic E-state index is 12.9. The molecular formula is C26H36N2O3. The zero-order chi connectivity index (χ0) is 21.2. The lowest BCUT2D eigenvalue weighted by Crippen LogP contribution is -2.52. The summed E-state index contributed by atoms with van der Waals surface area (Å²) in [5.41, 5.74) is 3.04. The average Bonchev–Trinajstić information content (AvgIpc) is 3.45. The molecule has 5 aliphatic rings. The molecule has 1 aromatic rings. The van der Waals surface area contributed by atoms with E-state index in [0.29, 0.717) is 11.8 Å². The van der Waals surface area contributed by atoms with Gasteiger partial charge in [-0.3, -0.25) is 9.69 Å². The minimum absolute atomic E-state index is 0.0396. The number of piperazine rings is 1. The van der Waals surface area contributed by atoms with E-state index in [0.717, 1.165) is 52.2 Å². The number of rotatable bonds is 3. The fourth-order valence-electron chi connectivity index (χ4n) is 7.46. The number of anilines is 1. The van der Waals surface area contributed by atoms with E-state index in [4.69, 9.17) is 9.47 Å². The number of nitrogens with zero attached hydrogens (tertiary/aromatic N) is 2. The molecule has 0 amide bonds. The Kier molecular flexibility index (Phi) is 4.66. The van der Waals surface area contributed by atoms with Gasteiger partial charge in [0.05, 0.1) is 18.1 Å². The summed E-state index contributed by atoms with van der Waals surface area (Å²) in [5.74, 6) is 1.08. The van der Waals surface area contributed by atoms with Gasteiger partial charge >= 0.3 is 5.97 Å². The average molecular weight is 425 g/mol. The molecule has 31 heavy (non-hydrogen) atoms. The number of benzene rings is 1. The predicted octanol–water partition coefficient (Wildman–Crippen LogP) is 3.64. The van der Waals surface area contributed by atoms with Crippen LogP contribution in [0.3, 0.4) is 0 Å². The normalized spacial score (nSPS) is 42.3. The van der Waals surface area contributed by atoms with Crippen LogP contribution in [0.15, 0.2) is 24.3 Å². The summed E-state index contributed by atoms with van der Waals surface area (Å²) in [7, 11) is 0. The van der Waals surface area contributed by atoms with E-state index in [1.54, 1.807) is 0 Å². The van der Waals surface area contributed by atoms with Crippen LogP contribution >= 0.6 is 0 Å². The second-order valence-corrected chi connectivity index (χ2v) is 11.2. The molecular weight excluding hydrogens is 388 g/mol. The Morgan fingerprint density at radius 1 is 1.16 bits per heavy atom. The molecule has 3 heterocycles. The third-order valence-electron chi connectivity index (χ3n) is 9.27. The van der Waals surface area contributed by atoms with Gasteiger partial charge in [0.2, 0.25) is 0 Å². The third kappa shape index (κ3) is 3.39. The van der Waals surface area contributed by atoms with Crippen LogP contribution < -0.4 is 4.90 Å². The van der Waals surface area contributed by atoms with Crippen molar-refractivity contribution >= 4 is 11.7 Å². The highest BCUT2D eigenvalue weighted by Gasteiger charge is 2.65. The third-order valence-corrected chi connectivity index (χ3v) is 9.27. The van der Waals surface area contributed by atoms with E-state index < -0.39 is 0 Å². The van der Waals surface area contributed by atoms with E-state index >= 15 is 0 Å². The smallest absolute Gasteiger partial charge is 0.310 e. The molecule has 6 rings (SSSR count). The molecule has 2 aliphatic carbocycles. The fraction of sp³-hybridized carbons (Fsp3) is 0.731. The molecule has 2 saturated carbocycles. The summed E-state index contributed by atoms with van der Waals surface area (Å²) in [6, 6.07) is 8.78. The minimum Gasteiger partial charge on any atom is -0.462 e. The highest BCUT2D eigenvalue weighted by atomic mass is 16.6. The molecule has 1 spiro atoms. The summed E-state index contributed by atoms with van der Waals surface area (Å²) in [6.45, 7) is 10.5. The lowest BCUT2D eigenvalue weighted by molar-refractivity contribution is -0.147. The first kappa shape index (κ1) is 20.0. The Balaban J connectivity index is 1.12. The van der Waals surface area contributed by atoms with Crippen molar-refractivity contribution < 1.29 is 14.3 Å². The number of carbonyl (C=O) groups is 1. The fourth-order valence-corrected chi connectivity index (χ4v) is 7.46. The minimum atomic E-state index is 0.0396. The second kappa shape index (κ2) is 7.21. The number of hydrogen-bond donors (Lipinski definition) is 0. The van der Waals surface area contributed by atoms with Gasteiger partial charge < -0.3 is 14.4 Å². The highest BCUT2D eigenvalue weighted by Crippen LogP contribution is 2.62. The van der Waals surface area contributed by atoms with Gasteiger partial charge in [-0.1, -0.05) is 19.1 Å². The molecule has 1 aromatic carbocycles. The van der Waals surface area contributed by atoms with Crippen molar-refractivity contribution in [3.63, 3.8) is 0 Å². The van der Waals surface area contributed by atoms with Gasteiger partial charge in [0.15, 0.2) is 0 Å². The number of ether oxygens (including phenoxy) is 2. The van der Waals surface area contributed by atoms with Gasteiger partial charge in [-0.05, 0) is 68.1 Å². The first-order chi connectivity index (χ1) is 15.0. The monoisotopic (exact) mass is 424 g/mol. The summed E-state index contributed by atoms with van der Waals surface area (Å²) in [4.78, 5) is 17.9. The molecule has 0 bridgehead atoms. The van der Waals surface area contributed by atoms with Crippen molar-refractivity contribution in [1.82, 2.24) is 4.90 Å². The van der Waals surface area contributed by atoms with Gasteiger partial charge in [0.25, 0.3) is 0 Å². The molecule has 3 saturated heterocycles. The zero-order valence-electron chi connectivity index (χ0n) is 19.0. The molecule has 0 N–H and O–H groups in total. The maximum Gasteiger partial charge on any atom is 0.310 e. The zero-order valence-corrected chi connectivity index (χ0v) is 19.0. The van der Waals surface area contributed by atoms with Crippen LogP contribution in [0, 0.1) is 30.1 Å². The van der Waals surface area contributed by atoms with Gasteiger partial charge in [-0.2, -0.15) is 0 Å². The van der Waals surface area contributed by atoms with Crippen molar-refractivity contribution in [1.29, 1.82) is 0 Å². The van der Waals surface area contributed by atoms with Crippen LogP contribution in [-0.2, 0) is 14.3 Å². The lowest BCUT2D eigenvalue weighted by Gasteiger charge is -2.51. The van der Waals surface area contributed by atoms with Gasteiger partial charge in [-0.15, -0.1) is 0 Å². The molecule has 3 aliphatic heterocycles. The summed E-state index contributed by atoms with van der Waals surface area (Å²) in [6.07, 6.45) is 6.01. The molecule has 5 fully saturated rings. The second-order valence-electron chi connectivity index (χ2n) is 11.2. The molecule has 0 radical (unpaired) electrons. The van der Waals surface area contributed by atoms with Crippen LogP contribution in [0.5, 0.6) is 0 Å². The quantitative estimate of drug-likeness (QED) is 0.548. The largest absolute Gasteiger partial charge is 0.462 e. The first-order valence-electron chi connectivity index (χ1n) is 12.3. The highest BCUT2D eigenvalue weighted by molar-refractivity contribution is 5.75. The van der Waals surface area contributed by atoms with Crippen molar-refractivity contribution in [3.05, 3.63) is 29.8 Å². The van der Waals surface area contributed by atoms with E-state index in [9.17, 15) is 4.79 Å². The Bertz CT molecular complexity index is 860. The number of hydrogen-bond acceptors (Lipinski definition) is 5. The van der Waals surface area contributed by atoms with Crippen LogP contribution in [0.25, 0.3) is 0 Å². The van der Waals surface area contributed by atoms with Gasteiger partial charge in [0.1, 0.15) is 6.10 Å². The van der Waals surface area contributed by atoms with Crippen LogP contribution in [0.4, 0.5) is 5.69 Å².